The van der Waals surface area contributed by atoms with Crippen LogP contribution < -0.4 is 10.3 Å². The second-order valence-corrected chi connectivity index (χ2v) is 24.0. The van der Waals surface area contributed by atoms with Crippen LogP contribution in [0.2, 0.25) is 25.7 Å². The summed E-state index contributed by atoms with van der Waals surface area (Å²) in [6, 6.07) is 19.5. The van der Waals surface area contributed by atoms with Crippen molar-refractivity contribution in [2.45, 2.75) is 98.4 Å². The van der Waals surface area contributed by atoms with Crippen molar-refractivity contribution in [1.29, 1.82) is 0 Å². The number of aromatic amines is 1. The number of anilines is 1. The number of hydrogen-bond acceptors (Lipinski definition) is 8. The Labute approximate surface area is 354 Å². The largest absolute Gasteiger partial charge is 0.453 e. The van der Waals surface area contributed by atoms with Gasteiger partial charge in [-0.2, -0.15) is 0 Å². The summed E-state index contributed by atoms with van der Waals surface area (Å²) in [7, 11) is -0.0308. The molecule has 7 rings (SSSR count). The molecule has 0 bridgehead atoms. The van der Waals surface area contributed by atoms with Crippen molar-refractivity contribution in [3.05, 3.63) is 66.6 Å². The summed E-state index contributed by atoms with van der Waals surface area (Å²) in [5.41, 5.74) is 5.81. The minimum Gasteiger partial charge on any atom is -0.453 e. The van der Waals surface area contributed by atoms with Gasteiger partial charge in [0.1, 0.15) is 18.6 Å². The van der Waals surface area contributed by atoms with E-state index in [2.05, 4.69) is 96.9 Å². The molecule has 13 nitrogen and oxygen atoms in total. The lowest BCUT2D eigenvalue weighted by Crippen LogP contribution is -2.54. The molecule has 4 heterocycles. The van der Waals surface area contributed by atoms with E-state index < -0.39 is 20.2 Å². The third-order valence-electron chi connectivity index (χ3n) is 12.2. The van der Waals surface area contributed by atoms with E-state index >= 15 is 0 Å². The lowest BCUT2D eigenvalue weighted by Gasteiger charge is -2.33. The van der Waals surface area contributed by atoms with Crippen molar-refractivity contribution in [2.75, 3.05) is 38.4 Å². The van der Waals surface area contributed by atoms with E-state index in [0.29, 0.717) is 31.6 Å². The third-order valence-corrected chi connectivity index (χ3v) is 13.9. The van der Waals surface area contributed by atoms with E-state index in [9.17, 15) is 14.4 Å². The van der Waals surface area contributed by atoms with Crippen LogP contribution in [-0.4, -0.2) is 94.8 Å². The zero-order chi connectivity index (χ0) is 42.9. The topological polar surface area (TPSA) is 138 Å². The number of nitrogens with one attached hydrogen (secondary N) is 2. The van der Waals surface area contributed by atoms with Gasteiger partial charge in [0.15, 0.2) is 0 Å². The van der Waals surface area contributed by atoms with Crippen LogP contribution in [0.1, 0.15) is 65.7 Å². The molecule has 2 saturated heterocycles. The highest BCUT2D eigenvalue weighted by Crippen LogP contribution is 2.36. The first-order chi connectivity index (χ1) is 28.6. The van der Waals surface area contributed by atoms with Crippen molar-refractivity contribution < 1.29 is 23.9 Å². The van der Waals surface area contributed by atoms with Gasteiger partial charge in [-0.3, -0.25) is 19.2 Å². The fraction of sp³-hybridized carbons (Fsp3) is 0.500. The first-order valence-corrected chi connectivity index (χ1v) is 25.3. The van der Waals surface area contributed by atoms with E-state index in [1.54, 1.807) is 5.01 Å². The molecular formula is C46H62N8O5Si. The molecule has 3 atom stereocenters. The number of carbonyl (C=O) groups excluding carboxylic acids is 3. The number of ether oxygens (including phenoxy) is 2. The Bertz CT molecular complexity index is 2350. The number of fused-ring (bicyclic) bond motifs is 2. The van der Waals surface area contributed by atoms with Crippen LogP contribution in [-0.2, 0) is 25.8 Å². The van der Waals surface area contributed by atoms with Crippen molar-refractivity contribution in [3.63, 3.8) is 0 Å². The summed E-state index contributed by atoms with van der Waals surface area (Å²) in [4.78, 5) is 55.0. The van der Waals surface area contributed by atoms with E-state index in [-0.39, 0.29) is 36.4 Å². The second kappa shape index (κ2) is 17.8. The second-order valence-electron chi connectivity index (χ2n) is 18.4. The average molecular weight is 835 g/mol. The monoisotopic (exact) mass is 834 g/mol. The molecule has 2 N–H and O–H groups in total. The van der Waals surface area contributed by atoms with Crippen LogP contribution in [0, 0.1) is 17.8 Å². The minimum atomic E-state index is -1.33. The van der Waals surface area contributed by atoms with Crippen LogP contribution in [0.25, 0.3) is 44.2 Å². The zero-order valence-corrected chi connectivity index (χ0v) is 37.7. The van der Waals surface area contributed by atoms with Crippen molar-refractivity contribution in [3.8, 4) is 22.4 Å². The molecule has 0 radical (unpaired) electrons. The summed E-state index contributed by atoms with van der Waals surface area (Å²) < 4.78 is 13.3. The number of likely N-dealkylation sites (tertiary alicyclic amines) is 1. The fourth-order valence-electron chi connectivity index (χ4n) is 8.16. The highest BCUT2D eigenvalue weighted by molar-refractivity contribution is 6.76. The Balaban J connectivity index is 1.16. The molecule has 0 unspecified atom stereocenters. The number of carbonyl (C=O) groups is 3. The first-order valence-electron chi connectivity index (χ1n) is 21.5. The highest BCUT2D eigenvalue weighted by atomic mass is 28.3. The molecule has 320 valence electrons. The Morgan fingerprint density at radius 3 is 2.27 bits per heavy atom. The molecule has 2 aliphatic heterocycles. The molecule has 0 saturated carbocycles. The van der Waals surface area contributed by atoms with Gasteiger partial charge in [0.2, 0.25) is 11.9 Å². The van der Waals surface area contributed by atoms with Gasteiger partial charge in [0.25, 0.3) is 5.91 Å². The number of hydrogen-bond donors (Lipinski definition) is 2. The summed E-state index contributed by atoms with van der Waals surface area (Å²) in [5.74, 6) is 1.60. The van der Waals surface area contributed by atoms with E-state index in [1.807, 2.05) is 42.9 Å². The maximum absolute atomic E-state index is 14.0. The van der Waals surface area contributed by atoms with Crippen LogP contribution in [0.3, 0.4) is 0 Å². The molecule has 0 aliphatic carbocycles. The van der Waals surface area contributed by atoms with Crippen molar-refractivity contribution >= 4 is 53.7 Å². The molecule has 2 fully saturated rings. The maximum atomic E-state index is 14.0. The van der Waals surface area contributed by atoms with Gasteiger partial charge >= 0.3 is 6.09 Å². The number of nitrogens with zero attached hydrogens (tertiary/aromatic N) is 6. The van der Waals surface area contributed by atoms with Gasteiger partial charge in [0, 0.05) is 45.8 Å². The number of hydrazine groups is 1. The Kier molecular flexibility index (Phi) is 12.7. The van der Waals surface area contributed by atoms with Gasteiger partial charge in [-0.1, -0.05) is 84.6 Å². The molecule has 2 aromatic heterocycles. The Morgan fingerprint density at radius 1 is 0.867 bits per heavy atom. The Morgan fingerprint density at radius 2 is 1.57 bits per heavy atom. The summed E-state index contributed by atoms with van der Waals surface area (Å²) >= 11 is 0. The van der Waals surface area contributed by atoms with E-state index in [0.717, 1.165) is 81.9 Å². The van der Waals surface area contributed by atoms with Crippen LogP contribution in [0.5, 0.6) is 0 Å². The third kappa shape index (κ3) is 9.09. The summed E-state index contributed by atoms with van der Waals surface area (Å²) in [6.07, 6.45) is 3.90. The van der Waals surface area contributed by atoms with Crippen LogP contribution in [0.4, 0.5) is 10.7 Å². The molecule has 2 aliphatic rings. The van der Waals surface area contributed by atoms with Crippen LogP contribution in [0.15, 0.2) is 60.8 Å². The van der Waals surface area contributed by atoms with Gasteiger partial charge in [-0.05, 0) is 83.3 Å². The molecule has 60 heavy (non-hydrogen) atoms. The SMILES string of the molecule is COC(=O)N[C@H](C(=O)N1CCCN1c1nc2ccc(-c3ccc4cc(-c5cnc([C@@H]6CCCN6C(=O)[C@@H](C)C(C)C)[nH]5)ccc4c3)cc2n1COCC[Si](C)(C)C)C(C)C. The first kappa shape index (κ1) is 42.9. The highest BCUT2D eigenvalue weighted by Gasteiger charge is 2.38. The molecule has 14 heteroatoms. The maximum Gasteiger partial charge on any atom is 0.407 e. The number of amides is 3. The predicted molar refractivity (Wildman–Crippen MR) is 240 cm³/mol. The molecule has 0 spiro atoms. The quantitative estimate of drug-likeness (QED) is 0.0837. The minimum absolute atomic E-state index is 0.0226. The summed E-state index contributed by atoms with van der Waals surface area (Å²) in [5, 5.41) is 8.61. The lowest BCUT2D eigenvalue weighted by atomic mass is 9.96. The smallest absolute Gasteiger partial charge is 0.407 e. The van der Waals surface area contributed by atoms with E-state index in [4.69, 9.17) is 19.4 Å². The van der Waals surface area contributed by atoms with Gasteiger partial charge in [-0.15, -0.1) is 0 Å². The van der Waals surface area contributed by atoms with Crippen molar-refractivity contribution in [2.24, 2.45) is 17.8 Å². The van der Waals surface area contributed by atoms with Gasteiger partial charge in [-0.25, -0.2) is 19.8 Å². The number of H-pyrrole nitrogens is 1. The number of imidazole rings is 2. The van der Waals surface area contributed by atoms with Crippen LogP contribution >= 0.6 is 0 Å². The molecule has 3 aromatic carbocycles. The number of benzene rings is 3. The van der Waals surface area contributed by atoms with Gasteiger partial charge < -0.3 is 24.7 Å². The fourth-order valence-corrected chi connectivity index (χ4v) is 8.92. The zero-order valence-electron chi connectivity index (χ0n) is 36.7. The number of methoxy groups -OCH3 is 1. The number of alkyl carbamates (subject to hydrolysis) is 1. The summed E-state index contributed by atoms with van der Waals surface area (Å²) in [6.45, 7) is 19.9. The van der Waals surface area contributed by atoms with E-state index in [1.165, 1.54) is 7.11 Å². The molecule has 5 aromatic rings. The number of rotatable bonds is 14. The average Bonchev–Trinajstić information content (AvgIpc) is 4.06. The molecule has 3 amide bonds. The molecular weight excluding hydrogens is 773 g/mol. The normalized spacial score (nSPS) is 17.1. The van der Waals surface area contributed by atoms with Gasteiger partial charge in [0.05, 0.1) is 36.1 Å². The lowest BCUT2D eigenvalue weighted by molar-refractivity contribution is -0.137. The number of aromatic nitrogens is 4. The standard InChI is InChI=1S/C46H62N8O5Si/c1-29(2)31(5)43(55)51-19-10-12-39(51)42-47-27-38(48-42)36-16-15-32-24-33(13-14-34(32)25-36)35-17-18-37-40(26-35)52(28-59-22-23-60(7,8)9)45(49-37)54-21-11-20-53(54)44(56)41(30(3)4)50-46(57)58-6/h13-18,24-27,29-31,39,41H,10-12,19-23,28H2,1-9H3,(H,47,48)(H,50,57)/t31-,39-,41-/m0/s1. The predicted octanol–water partition coefficient (Wildman–Crippen LogP) is 8.85. The van der Waals surface area contributed by atoms with Crippen molar-refractivity contribution in [1.82, 2.24) is 34.7 Å². The Hall–Kier alpha value is -5.21.